The van der Waals surface area contributed by atoms with E-state index in [-0.39, 0.29) is 37.3 Å². The quantitative estimate of drug-likeness (QED) is 0.0323. The van der Waals surface area contributed by atoms with Crippen molar-refractivity contribution in [1.29, 1.82) is 0 Å². The fourth-order valence-corrected chi connectivity index (χ4v) is 6.65. The second kappa shape index (κ2) is 29.9. The minimum absolute atomic E-state index is 0.00674. The molecule has 1 aliphatic rings. The Morgan fingerprint density at radius 2 is 1.33 bits per heavy atom. The molecule has 1 fully saturated rings. The molecule has 0 heterocycles. The van der Waals surface area contributed by atoms with Gasteiger partial charge >= 0.3 is 11.9 Å². The molecular weight excluding hydrogens is 620 g/mol. The molecule has 0 aliphatic heterocycles. The zero-order valence-corrected chi connectivity index (χ0v) is 31.5. The Labute approximate surface area is 299 Å². The fraction of sp³-hybridized carbons (Fsp3) is 0.854. The van der Waals surface area contributed by atoms with Gasteiger partial charge in [-0.05, 0) is 31.1 Å². The number of allylic oxidation sites excluding steroid dienone is 1. The van der Waals surface area contributed by atoms with E-state index in [1.165, 1.54) is 77.0 Å². The van der Waals surface area contributed by atoms with Crippen molar-refractivity contribution in [3.05, 3.63) is 24.3 Å². The lowest BCUT2D eigenvalue weighted by Gasteiger charge is -2.19. The highest BCUT2D eigenvalue weighted by Crippen LogP contribution is 2.36. The summed E-state index contributed by atoms with van der Waals surface area (Å²) in [5, 5.41) is 40.7. The molecular formula is C41H74O8. The second-order valence-electron chi connectivity index (χ2n) is 14.8. The first kappa shape index (κ1) is 45.3. The molecule has 286 valence electrons. The lowest BCUT2D eigenvalue weighted by atomic mass is 9.89. The maximum absolute atomic E-state index is 12.2. The van der Waals surface area contributed by atoms with Gasteiger partial charge in [-0.1, -0.05) is 154 Å². The zero-order valence-electron chi connectivity index (χ0n) is 31.5. The van der Waals surface area contributed by atoms with Crippen LogP contribution in [-0.4, -0.2) is 70.0 Å². The van der Waals surface area contributed by atoms with Gasteiger partial charge in [-0.3, -0.25) is 9.59 Å². The van der Waals surface area contributed by atoms with Crippen LogP contribution in [0.15, 0.2) is 24.3 Å². The normalized spacial score (nSPS) is 20.8. The molecule has 49 heavy (non-hydrogen) atoms. The third kappa shape index (κ3) is 24.1. The summed E-state index contributed by atoms with van der Waals surface area (Å²) in [5.41, 5.74) is 0. The fourth-order valence-electron chi connectivity index (χ4n) is 6.65. The Morgan fingerprint density at radius 1 is 0.755 bits per heavy atom. The van der Waals surface area contributed by atoms with Crippen LogP contribution in [0.25, 0.3) is 0 Å². The van der Waals surface area contributed by atoms with Crippen molar-refractivity contribution in [2.45, 2.75) is 193 Å². The first-order valence-corrected chi connectivity index (χ1v) is 20.0. The molecule has 0 aromatic heterocycles. The smallest absolute Gasteiger partial charge is 0.309 e. The third-order valence-corrected chi connectivity index (χ3v) is 9.78. The number of carbonyl (C=O) groups excluding carboxylic acids is 2. The van der Waals surface area contributed by atoms with Crippen molar-refractivity contribution < 1.29 is 39.5 Å². The summed E-state index contributed by atoms with van der Waals surface area (Å²) in [6.45, 7) is 6.10. The van der Waals surface area contributed by atoms with Gasteiger partial charge < -0.3 is 29.9 Å². The van der Waals surface area contributed by atoms with Gasteiger partial charge in [-0.15, -0.1) is 0 Å². The minimum atomic E-state index is -0.884. The minimum Gasteiger partial charge on any atom is -0.461 e. The largest absolute Gasteiger partial charge is 0.461 e. The van der Waals surface area contributed by atoms with Gasteiger partial charge in [0.05, 0.1) is 31.3 Å². The van der Waals surface area contributed by atoms with E-state index in [2.05, 4.69) is 20.8 Å². The van der Waals surface area contributed by atoms with Crippen LogP contribution in [0.1, 0.15) is 168 Å². The predicted molar refractivity (Wildman–Crippen MR) is 198 cm³/mol. The van der Waals surface area contributed by atoms with Crippen molar-refractivity contribution in [2.24, 2.45) is 17.8 Å². The van der Waals surface area contributed by atoms with E-state index in [1.54, 1.807) is 18.2 Å². The molecule has 0 amide bonds. The number of hydrogen-bond donors (Lipinski definition) is 4. The van der Waals surface area contributed by atoms with E-state index in [9.17, 15) is 30.0 Å². The summed E-state index contributed by atoms with van der Waals surface area (Å²) in [5.74, 6) is -0.531. The number of aliphatic hydroxyl groups excluding tert-OH is 4. The topological polar surface area (TPSA) is 134 Å². The van der Waals surface area contributed by atoms with Crippen LogP contribution in [-0.2, 0) is 19.1 Å². The van der Waals surface area contributed by atoms with Crippen LogP contribution in [0.2, 0.25) is 0 Å². The van der Waals surface area contributed by atoms with Crippen molar-refractivity contribution in [2.75, 3.05) is 13.2 Å². The Kier molecular flexibility index (Phi) is 27.7. The van der Waals surface area contributed by atoms with E-state index in [1.807, 2.05) is 6.08 Å². The van der Waals surface area contributed by atoms with Gasteiger partial charge in [0.1, 0.15) is 6.61 Å². The predicted octanol–water partition coefficient (Wildman–Crippen LogP) is 8.52. The molecule has 4 N–H and O–H groups in total. The van der Waals surface area contributed by atoms with E-state index < -0.39 is 37.0 Å². The number of unbranched alkanes of at least 4 members (excludes halogenated alkanes) is 15. The molecule has 6 atom stereocenters. The Hall–Kier alpha value is -1.74. The average Bonchev–Trinajstić information content (AvgIpc) is 3.34. The second-order valence-corrected chi connectivity index (χ2v) is 14.8. The number of hydrogen-bond acceptors (Lipinski definition) is 8. The van der Waals surface area contributed by atoms with E-state index in [0.717, 1.165) is 44.4 Å². The van der Waals surface area contributed by atoms with Crippen LogP contribution < -0.4 is 0 Å². The summed E-state index contributed by atoms with van der Waals surface area (Å²) in [7, 11) is 0. The Morgan fingerprint density at radius 3 is 1.90 bits per heavy atom. The van der Waals surface area contributed by atoms with Gasteiger partial charge in [0.15, 0.2) is 6.10 Å². The highest BCUT2D eigenvalue weighted by Gasteiger charge is 2.39. The molecule has 8 heteroatoms. The summed E-state index contributed by atoms with van der Waals surface area (Å²) in [6, 6.07) is 0. The van der Waals surface area contributed by atoms with Gasteiger partial charge in [-0.25, -0.2) is 0 Å². The van der Waals surface area contributed by atoms with Gasteiger partial charge in [0, 0.05) is 18.8 Å². The highest BCUT2D eigenvalue weighted by atomic mass is 16.6. The number of ether oxygens (including phenoxy) is 2. The number of aliphatic hydroxyl groups is 4. The molecule has 0 aromatic carbocycles. The first-order valence-electron chi connectivity index (χ1n) is 20.0. The molecule has 0 saturated heterocycles. The van der Waals surface area contributed by atoms with Crippen LogP contribution >= 0.6 is 0 Å². The molecule has 1 aliphatic carbocycles. The molecule has 0 spiro atoms. The van der Waals surface area contributed by atoms with Crippen molar-refractivity contribution in [3.8, 4) is 0 Å². The maximum Gasteiger partial charge on any atom is 0.309 e. The van der Waals surface area contributed by atoms with Gasteiger partial charge in [0.25, 0.3) is 0 Å². The zero-order chi connectivity index (χ0) is 36.1. The standard InChI is InChI=1S/C41H74O8/c1-4-5-18-24-34(43)28-29-37-36(38(44)30-39(37)45)25-21-22-26-40(46)48-32-35(31-42)49-41(47)27-20-17-15-13-11-9-7-6-8-10-12-14-16-19-23-33(2)3/h21-22,28-29,33-39,42-45H,4-20,23-27,30-32H2,1-3H3/b22-21-,29-28+/t34-,35+,36+,37-,38+,39-/m1/s1. The number of rotatable bonds is 31. The highest BCUT2D eigenvalue weighted by molar-refractivity contribution is 5.71. The molecule has 0 unspecified atom stereocenters. The monoisotopic (exact) mass is 695 g/mol. The lowest BCUT2D eigenvalue weighted by Crippen LogP contribution is -2.28. The summed E-state index contributed by atoms with van der Waals surface area (Å²) < 4.78 is 10.5. The van der Waals surface area contributed by atoms with Gasteiger partial charge in [-0.2, -0.15) is 0 Å². The summed E-state index contributed by atoms with van der Waals surface area (Å²) in [4.78, 5) is 24.5. The molecule has 0 aromatic rings. The van der Waals surface area contributed by atoms with Crippen LogP contribution in [0, 0.1) is 17.8 Å². The molecule has 8 nitrogen and oxygen atoms in total. The van der Waals surface area contributed by atoms with E-state index in [4.69, 9.17) is 9.47 Å². The first-order chi connectivity index (χ1) is 23.7. The molecule has 1 saturated carbocycles. The van der Waals surface area contributed by atoms with Crippen LogP contribution in [0.5, 0.6) is 0 Å². The van der Waals surface area contributed by atoms with E-state index >= 15 is 0 Å². The summed E-state index contributed by atoms with van der Waals surface area (Å²) >= 11 is 0. The van der Waals surface area contributed by atoms with Crippen molar-refractivity contribution in [3.63, 3.8) is 0 Å². The number of carbonyl (C=O) groups is 2. The molecule has 1 rings (SSSR count). The molecule has 0 radical (unpaired) electrons. The van der Waals surface area contributed by atoms with Gasteiger partial charge in [0.2, 0.25) is 0 Å². The maximum atomic E-state index is 12.2. The average molecular weight is 695 g/mol. The van der Waals surface area contributed by atoms with Crippen molar-refractivity contribution in [1.82, 2.24) is 0 Å². The summed E-state index contributed by atoms with van der Waals surface area (Å²) in [6.07, 6.45) is 27.9. The van der Waals surface area contributed by atoms with Crippen molar-refractivity contribution >= 4 is 11.9 Å². The Balaban J connectivity index is 2.12. The van der Waals surface area contributed by atoms with Crippen LogP contribution in [0.3, 0.4) is 0 Å². The molecule has 0 bridgehead atoms. The van der Waals surface area contributed by atoms with Crippen LogP contribution in [0.4, 0.5) is 0 Å². The SMILES string of the molecule is CCCCC[C@@H](O)/C=C/[C@@H]1[C@H](C/C=C\CC(=O)OC[C@H](CO)OC(=O)CCCCCCCCCCCCCCCCC(C)C)[C@@H](O)C[C@H]1O. The Bertz CT molecular complexity index is 872. The van der Waals surface area contributed by atoms with E-state index in [0.29, 0.717) is 19.3 Å². The third-order valence-electron chi connectivity index (χ3n) is 9.78. The lowest BCUT2D eigenvalue weighted by molar-refractivity contribution is -0.161. The number of esters is 2.